The van der Waals surface area contributed by atoms with E-state index in [0.717, 1.165) is 28.7 Å². The summed E-state index contributed by atoms with van der Waals surface area (Å²) in [6.45, 7) is 30.1. The lowest BCUT2D eigenvalue weighted by atomic mass is 9.75. The minimum Gasteiger partial charge on any atom is -0.543 e. The van der Waals surface area contributed by atoms with Crippen LogP contribution in [0.5, 0.6) is 28.7 Å². The molecule has 7 rings (SSSR count). The molecule has 69 heavy (non-hydrogen) atoms. The lowest BCUT2D eigenvalue weighted by Gasteiger charge is -2.42. The third-order valence-corrected chi connectivity index (χ3v) is 27.4. The van der Waals surface area contributed by atoms with Gasteiger partial charge in [-0.25, -0.2) is 0 Å². The zero-order valence-corrected chi connectivity index (χ0v) is 44.9. The Kier molecular flexibility index (Phi) is 13.6. The Hall–Kier alpha value is -4.89. The minimum atomic E-state index is -5.10. The summed E-state index contributed by atoms with van der Waals surface area (Å²) in [6.07, 6.45) is -6.39. The van der Waals surface area contributed by atoms with Gasteiger partial charge in [-0.15, -0.1) is 0 Å². The van der Waals surface area contributed by atoms with Crippen molar-refractivity contribution >= 4 is 33.5 Å². The number of ether oxygens (including phenoxy) is 3. The molecule has 2 aliphatic rings. The van der Waals surface area contributed by atoms with Gasteiger partial charge in [0.25, 0.3) is 16.6 Å². The van der Waals surface area contributed by atoms with Gasteiger partial charge >= 0.3 is 12.4 Å². The smallest absolute Gasteiger partial charge is 0.416 e. The van der Waals surface area contributed by atoms with Crippen LogP contribution < -0.4 is 23.1 Å². The van der Waals surface area contributed by atoms with Crippen molar-refractivity contribution in [2.75, 3.05) is 14.2 Å². The van der Waals surface area contributed by atoms with Gasteiger partial charge in [0, 0.05) is 27.5 Å². The molecule has 1 aliphatic carbocycles. The average molecular weight is 991 g/mol. The van der Waals surface area contributed by atoms with Crippen LogP contribution in [-0.2, 0) is 23.4 Å². The Morgan fingerprint density at radius 1 is 0.536 bits per heavy atom. The quantitative estimate of drug-likeness (QED) is 0.0819. The summed E-state index contributed by atoms with van der Waals surface area (Å²) >= 11 is 0. The Morgan fingerprint density at radius 2 is 0.957 bits per heavy atom. The van der Waals surface area contributed by atoms with Crippen LogP contribution in [0.2, 0.25) is 33.2 Å². The number of hydrogen-bond donors (Lipinski definition) is 0. The van der Waals surface area contributed by atoms with Gasteiger partial charge in [-0.1, -0.05) is 127 Å². The third-order valence-electron chi connectivity index (χ3n) is 15.4. The van der Waals surface area contributed by atoms with Crippen LogP contribution >= 0.6 is 0 Å². The summed E-state index contributed by atoms with van der Waals surface area (Å²) in [5.74, 6) is 2.37. The summed E-state index contributed by atoms with van der Waals surface area (Å²) in [7, 11) is -1.79. The van der Waals surface area contributed by atoms with Crippen molar-refractivity contribution in [3.8, 4) is 39.9 Å². The molecule has 5 nitrogen and oxygen atoms in total. The van der Waals surface area contributed by atoms with Crippen LogP contribution in [0.3, 0.4) is 0 Å². The molecule has 0 fully saturated rings. The van der Waals surface area contributed by atoms with Crippen molar-refractivity contribution in [2.24, 2.45) is 0 Å². The first-order chi connectivity index (χ1) is 32.0. The Balaban J connectivity index is 1.52. The molecule has 0 atom stereocenters. The van der Waals surface area contributed by atoms with E-state index in [4.69, 9.17) is 23.1 Å². The maximum absolute atomic E-state index is 15.1. The first kappa shape index (κ1) is 52.0. The van der Waals surface area contributed by atoms with Crippen LogP contribution in [0.4, 0.5) is 26.3 Å². The molecule has 5 aromatic carbocycles. The lowest BCUT2D eigenvalue weighted by molar-refractivity contribution is -0.143. The predicted molar refractivity (Wildman–Crippen MR) is 271 cm³/mol. The molecular formula is C56H68F6O5Si2. The predicted octanol–water partition coefficient (Wildman–Crippen LogP) is 17.7. The number of methoxy groups -OCH3 is 2. The number of rotatable bonds is 14. The number of fused-ring (bicyclic) bond motifs is 8. The minimum absolute atomic E-state index is 0.152. The van der Waals surface area contributed by atoms with Crippen molar-refractivity contribution in [3.05, 3.63) is 118 Å². The van der Waals surface area contributed by atoms with Crippen molar-refractivity contribution in [1.29, 1.82) is 0 Å². The highest BCUT2D eigenvalue weighted by atomic mass is 28.4. The number of halogens is 6. The van der Waals surface area contributed by atoms with Crippen LogP contribution in [0.15, 0.2) is 78.9 Å². The van der Waals surface area contributed by atoms with Gasteiger partial charge in [-0.2, -0.15) is 26.3 Å². The van der Waals surface area contributed by atoms with Crippen LogP contribution in [0, 0.1) is 0 Å². The topological polar surface area (TPSA) is 46.2 Å². The van der Waals surface area contributed by atoms with Gasteiger partial charge in [0.15, 0.2) is 17.1 Å². The summed E-state index contributed by atoms with van der Waals surface area (Å²) in [6, 6.07) is 20.3. The molecule has 0 saturated heterocycles. The fourth-order valence-electron chi connectivity index (χ4n) is 12.6. The van der Waals surface area contributed by atoms with E-state index in [9.17, 15) is 13.2 Å². The fraction of sp³-hybridized carbons (Fsp3) is 0.464. The summed E-state index contributed by atoms with van der Waals surface area (Å²) in [4.78, 5) is 0. The summed E-state index contributed by atoms with van der Waals surface area (Å²) < 4.78 is 122. The van der Waals surface area contributed by atoms with E-state index in [1.807, 2.05) is 60.7 Å². The van der Waals surface area contributed by atoms with Gasteiger partial charge in [0.05, 0.1) is 25.3 Å². The molecule has 1 heterocycles. The molecule has 0 unspecified atom stereocenters. The molecule has 0 saturated carbocycles. The second kappa shape index (κ2) is 18.1. The van der Waals surface area contributed by atoms with Gasteiger partial charge in [-0.3, -0.25) is 0 Å². The molecule has 0 spiro atoms. The maximum atomic E-state index is 15.1. The van der Waals surface area contributed by atoms with E-state index >= 15 is 13.2 Å². The number of hydrogen-bond acceptors (Lipinski definition) is 5. The highest BCUT2D eigenvalue weighted by molar-refractivity contribution is 6.78. The standard InChI is InChI=1S/C56H68F6O5Si2/c1-31(2)68(32(3)4,33(5)6)66-40-21-17-37(18-22-40)54(38-19-23-41(24-20-38)67-69(34(7)8,35(9)10)36(11)12)26-25-42-51-49(43-29-47(63-15)48(64-16)30-44(43)52(42)65-54)45-27-39(55(57,58)59)28-46(56(60,61)62)50(45)53(51,13)14/h17-36H,1-16H3. The molecular weight excluding hydrogens is 923 g/mol. The van der Waals surface area contributed by atoms with Crippen molar-refractivity contribution in [1.82, 2.24) is 0 Å². The van der Waals surface area contributed by atoms with Crippen LogP contribution in [0.1, 0.15) is 136 Å². The van der Waals surface area contributed by atoms with E-state index < -0.39 is 51.1 Å². The van der Waals surface area contributed by atoms with Gasteiger partial charge in [0.1, 0.15) is 17.2 Å². The van der Waals surface area contributed by atoms with Crippen LogP contribution in [0.25, 0.3) is 28.0 Å². The average Bonchev–Trinajstić information content (AvgIpc) is 3.51. The zero-order chi connectivity index (χ0) is 51.1. The first-order valence-electron chi connectivity index (χ1n) is 24.1. The molecule has 0 radical (unpaired) electrons. The van der Waals surface area contributed by atoms with Gasteiger partial charge in [-0.05, 0) is 115 Å². The molecule has 372 valence electrons. The van der Waals surface area contributed by atoms with Gasteiger partial charge in [0.2, 0.25) is 0 Å². The van der Waals surface area contributed by atoms with Crippen LogP contribution in [-0.4, -0.2) is 30.9 Å². The number of benzene rings is 5. The largest absolute Gasteiger partial charge is 0.543 e. The number of alkyl halides is 6. The van der Waals surface area contributed by atoms with E-state index in [2.05, 4.69) is 83.1 Å². The van der Waals surface area contributed by atoms with Crippen molar-refractivity contribution < 1.29 is 49.4 Å². The molecule has 0 amide bonds. The molecule has 1 aliphatic heterocycles. The van der Waals surface area contributed by atoms with E-state index in [-0.39, 0.29) is 28.5 Å². The Bertz CT molecular complexity index is 2630. The molecule has 0 bridgehead atoms. The monoisotopic (exact) mass is 990 g/mol. The second-order valence-corrected chi connectivity index (χ2v) is 32.1. The van der Waals surface area contributed by atoms with E-state index in [1.54, 1.807) is 26.0 Å². The molecule has 0 aromatic heterocycles. The molecule has 13 heteroatoms. The van der Waals surface area contributed by atoms with Crippen molar-refractivity contribution in [2.45, 2.75) is 154 Å². The fourth-order valence-corrected chi connectivity index (χ4v) is 23.1. The van der Waals surface area contributed by atoms with Gasteiger partial charge < -0.3 is 23.1 Å². The highest BCUT2D eigenvalue weighted by Crippen LogP contribution is 2.62. The Labute approximate surface area is 406 Å². The summed E-state index contributed by atoms with van der Waals surface area (Å²) in [5.41, 5.74) is -1.30. The normalized spacial score (nSPS) is 15.6. The van der Waals surface area contributed by atoms with E-state index in [1.165, 1.54) is 14.2 Å². The molecule has 0 N–H and O–H groups in total. The van der Waals surface area contributed by atoms with E-state index in [0.29, 0.717) is 66.6 Å². The first-order valence-corrected chi connectivity index (χ1v) is 28.4. The zero-order valence-electron chi connectivity index (χ0n) is 42.9. The third kappa shape index (κ3) is 8.34. The SMILES string of the molecule is COc1cc2c3c(c4c(c2cc1OC)-c1cc(C(F)(F)F)cc(C(F)(F)F)c1C4(C)C)C=CC(c1ccc(O[Si](C(C)C)(C(C)C)C(C)C)cc1)(c1ccc(O[Si](C(C)C)(C(C)C)C(C)C)cc1)O3. The lowest BCUT2D eigenvalue weighted by Crippen LogP contribution is -2.50. The summed E-state index contributed by atoms with van der Waals surface area (Å²) in [5, 5.41) is 0.778. The van der Waals surface area contributed by atoms with Crippen molar-refractivity contribution in [3.63, 3.8) is 0 Å². The Morgan fingerprint density at radius 3 is 1.33 bits per heavy atom. The second-order valence-electron chi connectivity index (χ2n) is 21.4. The highest BCUT2D eigenvalue weighted by Gasteiger charge is 2.52. The molecule has 5 aromatic rings. The maximum Gasteiger partial charge on any atom is 0.416 e.